The Bertz CT molecular complexity index is 824. The summed E-state index contributed by atoms with van der Waals surface area (Å²) in [6, 6.07) is 7.86. The number of aromatic nitrogens is 1. The van der Waals surface area contributed by atoms with Gasteiger partial charge in [-0.1, -0.05) is 23.7 Å². The molecule has 1 fully saturated rings. The van der Waals surface area contributed by atoms with Crippen LogP contribution in [0.25, 0.3) is 0 Å². The van der Waals surface area contributed by atoms with Crippen molar-refractivity contribution in [3.63, 3.8) is 0 Å². The Balaban J connectivity index is 1.48. The Labute approximate surface area is 165 Å². The van der Waals surface area contributed by atoms with Crippen LogP contribution in [0.2, 0.25) is 5.02 Å². The van der Waals surface area contributed by atoms with Crippen LogP contribution in [0.15, 0.2) is 36.5 Å². The molecule has 1 aliphatic heterocycles. The van der Waals surface area contributed by atoms with Crippen molar-refractivity contribution in [2.75, 3.05) is 44.2 Å². The van der Waals surface area contributed by atoms with Crippen molar-refractivity contribution in [2.45, 2.75) is 6.18 Å². The molecule has 9 heteroatoms. The van der Waals surface area contributed by atoms with Gasteiger partial charge in [-0.3, -0.25) is 9.69 Å². The zero-order valence-electron chi connectivity index (χ0n) is 15.0. The monoisotopic (exact) mass is 413 g/mol. The van der Waals surface area contributed by atoms with Gasteiger partial charge in [0.05, 0.1) is 10.6 Å². The molecule has 0 spiro atoms. The molecular weight excluding hydrogens is 395 g/mol. The number of carbonyl (C=O) groups excluding carboxylic acids is 1. The molecular formula is C19H19ClF3N3O2. The number of rotatable bonds is 6. The maximum atomic E-state index is 12.7. The standard InChI is InChI=1S/C19H19ClF3N3O2/c20-17-11-15(19(21,22)23)12-24-18(17)26-6-4-25(5-7-26)8-9-28-16-3-1-2-14(10-16)13-27/h1-3,10-13H,4-9H2. The number of anilines is 1. The second-order valence-electron chi connectivity index (χ2n) is 6.39. The van der Waals surface area contributed by atoms with E-state index in [1.807, 2.05) is 4.90 Å². The Hall–Kier alpha value is -2.32. The molecule has 0 atom stereocenters. The molecule has 28 heavy (non-hydrogen) atoms. The van der Waals surface area contributed by atoms with Gasteiger partial charge in [-0.25, -0.2) is 4.98 Å². The quantitative estimate of drug-likeness (QED) is 0.675. The zero-order valence-corrected chi connectivity index (χ0v) is 15.7. The van der Waals surface area contributed by atoms with Gasteiger partial charge in [-0.05, 0) is 18.2 Å². The average molecular weight is 414 g/mol. The van der Waals surface area contributed by atoms with Crippen molar-refractivity contribution >= 4 is 23.7 Å². The first-order valence-corrected chi connectivity index (χ1v) is 9.13. The number of nitrogens with zero attached hydrogens (tertiary/aromatic N) is 3. The van der Waals surface area contributed by atoms with Gasteiger partial charge >= 0.3 is 6.18 Å². The molecule has 1 aliphatic rings. The van der Waals surface area contributed by atoms with E-state index in [9.17, 15) is 18.0 Å². The van der Waals surface area contributed by atoms with Crippen molar-refractivity contribution in [3.8, 4) is 5.75 Å². The van der Waals surface area contributed by atoms with E-state index >= 15 is 0 Å². The predicted octanol–water partition coefficient (Wildman–Crippen LogP) is 3.77. The maximum Gasteiger partial charge on any atom is 0.417 e. The van der Waals surface area contributed by atoms with Crippen molar-refractivity contribution in [2.24, 2.45) is 0 Å². The molecule has 0 unspecified atom stereocenters. The van der Waals surface area contributed by atoms with E-state index in [1.165, 1.54) is 0 Å². The Morgan fingerprint density at radius 3 is 2.57 bits per heavy atom. The lowest BCUT2D eigenvalue weighted by Gasteiger charge is -2.35. The lowest BCUT2D eigenvalue weighted by Crippen LogP contribution is -2.47. The molecule has 0 N–H and O–H groups in total. The van der Waals surface area contributed by atoms with Gasteiger partial charge < -0.3 is 9.64 Å². The summed E-state index contributed by atoms with van der Waals surface area (Å²) in [4.78, 5) is 18.8. The summed E-state index contributed by atoms with van der Waals surface area (Å²) in [5.74, 6) is 1.01. The van der Waals surface area contributed by atoms with Crippen LogP contribution in [0, 0.1) is 0 Å². The normalized spacial score (nSPS) is 15.5. The molecule has 150 valence electrons. The van der Waals surface area contributed by atoms with E-state index in [-0.39, 0.29) is 5.02 Å². The fourth-order valence-electron chi connectivity index (χ4n) is 2.97. The fraction of sp³-hybridized carbons (Fsp3) is 0.368. The molecule has 1 saturated heterocycles. The molecule has 1 aromatic heterocycles. The topological polar surface area (TPSA) is 45.7 Å². The molecule has 2 aromatic rings. The van der Waals surface area contributed by atoms with Crippen LogP contribution in [-0.4, -0.2) is 55.5 Å². The molecule has 0 aliphatic carbocycles. The molecule has 0 amide bonds. The zero-order chi connectivity index (χ0) is 20.1. The maximum absolute atomic E-state index is 12.7. The Kier molecular flexibility index (Phi) is 6.41. The predicted molar refractivity (Wildman–Crippen MR) is 100 cm³/mol. The van der Waals surface area contributed by atoms with Gasteiger partial charge in [0, 0.05) is 44.5 Å². The minimum Gasteiger partial charge on any atom is -0.492 e. The first-order chi connectivity index (χ1) is 13.4. The number of hydrogen-bond donors (Lipinski definition) is 0. The number of hydrogen-bond acceptors (Lipinski definition) is 5. The highest BCUT2D eigenvalue weighted by atomic mass is 35.5. The summed E-state index contributed by atoms with van der Waals surface area (Å²) in [5, 5.41) is 0.00154. The number of carbonyl (C=O) groups is 1. The SMILES string of the molecule is O=Cc1cccc(OCCN2CCN(c3ncc(C(F)(F)F)cc3Cl)CC2)c1. The van der Waals surface area contributed by atoms with E-state index in [0.29, 0.717) is 43.4 Å². The number of aldehydes is 1. The molecule has 0 bridgehead atoms. The summed E-state index contributed by atoms with van der Waals surface area (Å²) in [5.41, 5.74) is -0.289. The van der Waals surface area contributed by atoms with Crippen LogP contribution in [0.4, 0.5) is 19.0 Å². The highest BCUT2D eigenvalue weighted by Crippen LogP contribution is 2.33. The molecule has 0 radical (unpaired) electrons. The van der Waals surface area contributed by atoms with E-state index in [4.69, 9.17) is 16.3 Å². The molecule has 0 saturated carbocycles. The van der Waals surface area contributed by atoms with Gasteiger partial charge in [0.2, 0.25) is 0 Å². The van der Waals surface area contributed by atoms with Crippen LogP contribution >= 0.6 is 11.6 Å². The minimum atomic E-state index is -4.46. The summed E-state index contributed by atoms with van der Waals surface area (Å²) < 4.78 is 43.9. The molecule has 1 aromatic carbocycles. The van der Waals surface area contributed by atoms with Crippen LogP contribution < -0.4 is 9.64 Å². The lowest BCUT2D eigenvalue weighted by molar-refractivity contribution is -0.137. The van der Waals surface area contributed by atoms with E-state index in [2.05, 4.69) is 9.88 Å². The highest BCUT2D eigenvalue weighted by molar-refractivity contribution is 6.33. The van der Waals surface area contributed by atoms with E-state index < -0.39 is 11.7 Å². The van der Waals surface area contributed by atoms with E-state index in [1.54, 1.807) is 24.3 Å². The Morgan fingerprint density at radius 1 is 1.18 bits per heavy atom. The lowest BCUT2D eigenvalue weighted by atomic mass is 10.2. The number of halogens is 4. The van der Waals surface area contributed by atoms with Crippen molar-refractivity contribution in [1.29, 1.82) is 0 Å². The van der Waals surface area contributed by atoms with Crippen LogP contribution in [0.1, 0.15) is 15.9 Å². The first kappa shape index (κ1) is 20.4. The van der Waals surface area contributed by atoms with Crippen molar-refractivity contribution < 1.29 is 22.7 Å². The van der Waals surface area contributed by atoms with Gasteiger partial charge in [-0.15, -0.1) is 0 Å². The fourth-order valence-corrected chi connectivity index (χ4v) is 3.26. The smallest absolute Gasteiger partial charge is 0.417 e. The first-order valence-electron chi connectivity index (χ1n) is 8.75. The number of ether oxygens (including phenoxy) is 1. The summed E-state index contributed by atoms with van der Waals surface area (Å²) in [6.07, 6.45) is -2.87. The molecule has 2 heterocycles. The minimum absolute atomic E-state index is 0.00154. The van der Waals surface area contributed by atoms with Gasteiger partial charge in [0.25, 0.3) is 0 Å². The third-order valence-corrected chi connectivity index (χ3v) is 4.77. The summed E-state index contributed by atoms with van der Waals surface area (Å²) in [6.45, 7) is 3.83. The molecule has 3 rings (SSSR count). The third-order valence-electron chi connectivity index (χ3n) is 4.49. The van der Waals surface area contributed by atoms with Gasteiger partial charge in [0.15, 0.2) is 0 Å². The number of alkyl halides is 3. The van der Waals surface area contributed by atoms with Crippen LogP contribution in [0.5, 0.6) is 5.75 Å². The van der Waals surface area contributed by atoms with Crippen molar-refractivity contribution in [1.82, 2.24) is 9.88 Å². The Morgan fingerprint density at radius 2 is 1.93 bits per heavy atom. The second-order valence-corrected chi connectivity index (χ2v) is 6.80. The summed E-state index contributed by atoms with van der Waals surface area (Å²) >= 11 is 6.02. The van der Waals surface area contributed by atoms with Crippen molar-refractivity contribution in [3.05, 3.63) is 52.7 Å². The van der Waals surface area contributed by atoms with Gasteiger partial charge in [-0.2, -0.15) is 13.2 Å². The largest absolute Gasteiger partial charge is 0.492 e. The van der Waals surface area contributed by atoms with Gasteiger partial charge in [0.1, 0.15) is 24.5 Å². The number of piperazine rings is 1. The van der Waals surface area contributed by atoms with E-state index in [0.717, 1.165) is 31.6 Å². The third kappa shape index (κ3) is 5.14. The highest BCUT2D eigenvalue weighted by Gasteiger charge is 2.32. The number of pyridine rings is 1. The number of benzene rings is 1. The van der Waals surface area contributed by atoms with Crippen LogP contribution in [0.3, 0.4) is 0 Å². The van der Waals surface area contributed by atoms with Crippen LogP contribution in [-0.2, 0) is 6.18 Å². The average Bonchev–Trinajstić information content (AvgIpc) is 2.68. The summed E-state index contributed by atoms with van der Waals surface area (Å²) in [7, 11) is 0. The second kappa shape index (κ2) is 8.79. The molecule has 5 nitrogen and oxygen atoms in total.